The highest BCUT2D eigenvalue weighted by atomic mass is 19.1. The zero-order valence-corrected chi connectivity index (χ0v) is 26.4. The molecule has 0 N–H and O–H groups in total. The van der Waals surface area contributed by atoms with Gasteiger partial charge in [0.2, 0.25) is 0 Å². The second-order valence-electron chi connectivity index (χ2n) is 12.8. The first kappa shape index (κ1) is 35.1. The van der Waals surface area contributed by atoms with Crippen molar-refractivity contribution in [2.24, 2.45) is 0 Å². The fourth-order valence-electron chi connectivity index (χ4n) is 4.87. The van der Waals surface area contributed by atoms with E-state index in [1.54, 1.807) is 41.5 Å². The number of aromatic nitrogens is 4. The highest BCUT2D eigenvalue weighted by molar-refractivity contribution is 5.68. The number of carbonyl (C=O) groups is 2. The molecular formula is C27H40F2N8O8. The molecule has 2 amide bonds. The van der Waals surface area contributed by atoms with Crippen LogP contribution in [0.25, 0.3) is 0 Å². The van der Waals surface area contributed by atoms with Gasteiger partial charge in [-0.1, -0.05) is 0 Å². The van der Waals surface area contributed by atoms with Crippen LogP contribution in [0.2, 0.25) is 0 Å². The molecule has 0 spiro atoms. The van der Waals surface area contributed by atoms with Crippen LogP contribution in [0.5, 0.6) is 0 Å². The van der Waals surface area contributed by atoms with Crippen LogP contribution in [-0.2, 0) is 9.47 Å². The predicted octanol–water partition coefficient (Wildman–Crippen LogP) is 4.93. The van der Waals surface area contributed by atoms with Crippen LogP contribution >= 0.6 is 0 Å². The summed E-state index contributed by atoms with van der Waals surface area (Å²) in [6.07, 6.45) is 0.228. The summed E-state index contributed by atoms with van der Waals surface area (Å²) in [4.78, 5) is 46.9. The van der Waals surface area contributed by atoms with Gasteiger partial charge in [0.1, 0.15) is 47.8 Å². The van der Waals surface area contributed by atoms with E-state index in [4.69, 9.17) is 9.47 Å². The minimum Gasteiger partial charge on any atom is -0.444 e. The average Bonchev–Trinajstić information content (AvgIpc) is 3.54. The molecule has 16 nitrogen and oxygen atoms in total. The Morgan fingerprint density at radius 1 is 0.844 bits per heavy atom. The van der Waals surface area contributed by atoms with Crippen LogP contribution in [0, 0.1) is 27.2 Å². The molecule has 4 heterocycles. The molecular weight excluding hydrogens is 602 g/mol. The van der Waals surface area contributed by atoms with E-state index in [0.29, 0.717) is 31.6 Å². The van der Waals surface area contributed by atoms with Crippen LogP contribution in [-0.4, -0.2) is 101 Å². The Bertz CT molecular complexity index is 1390. The maximum atomic E-state index is 14.5. The summed E-state index contributed by atoms with van der Waals surface area (Å²) < 4.78 is 41.8. The zero-order chi connectivity index (χ0) is 33.9. The SMILES string of the molecule is CC(C)(C)OC(=O)N1CCC(n2cc([N+](=O)[O-])cn2)C(F)C1.Cc1c([N+](=O)[O-])cnn1C1CCN(C(=O)OC(C)(C)C)CC1F. The van der Waals surface area contributed by atoms with Gasteiger partial charge >= 0.3 is 23.6 Å². The Kier molecular flexibility index (Phi) is 10.7. The van der Waals surface area contributed by atoms with Gasteiger partial charge in [0.25, 0.3) is 0 Å². The predicted molar refractivity (Wildman–Crippen MR) is 155 cm³/mol. The summed E-state index contributed by atoms with van der Waals surface area (Å²) in [6, 6.07) is -1.24. The van der Waals surface area contributed by atoms with E-state index >= 15 is 0 Å². The number of hydrogen-bond acceptors (Lipinski definition) is 10. The number of halogens is 2. The number of likely N-dealkylation sites (tertiary alicyclic amines) is 2. The molecule has 0 aromatic carbocycles. The summed E-state index contributed by atoms with van der Waals surface area (Å²) in [5.74, 6) is 0. The largest absolute Gasteiger partial charge is 0.444 e. The van der Waals surface area contributed by atoms with Crippen molar-refractivity contribution in [2.75, 3.05) is 26.2 Å². The van der Waals surface area contributed by atoms with E-state index < -0.39 is 57.7 Å². The highest BCUT2D eigenvalue weighted by Crippen LogP contribution is 2.30. The smallest absolute Gasteiger partial charge is 0.410 e. The number of piperidine rings is 2. The minimum absolute atomic E-state index is 0.118. The van der Waals surface area contributed by atoms with Crippen molar-refractivity contribution in [3.8, 4) is 0 Å². The maximum absolute atomic E-state index is 14.5. The number of ether oxygens (including phenoxy) is 2. The lowest BCUT2D eigenvalue weighted by atomic mass is 10.0. The second kappa shape index (κ2) is 13.7. The third-order valence-electron chi connectivity index (χ3n) is 6.99. The fraction of sp³-hybridized carbons (Fsp3) is 0.704. The number of hydrogen-bond donors (Lipinski definition) is 0. The van der Waals surface area contributed by atoms with E-state index in [9.17, 15) is 38.6 Å². The monoisotopic (exact) mass is 642 g/mol. The first-order valence-corrected chi connectivity index (χ1v) is 14.4. The van der Waals surface area contributed by atoms with Gasteiger partial charge in [-0.05, 0) is 61.3 Å². The van der Waals surface area contributed by atoms with Crippen molar-refractivity contribution in [1.82, 2.24) is 29.4 Å². The quantitative estimate of drug-likeness (QED) is 0.328. The van der Waals surface area contributed by atoms with Gasteiger partial charge in [0, 0.05) is 13.1 Å². The van der Waals surface area contributed by atoms with Crippen LogP contribution < -0.4 is 0 Å². The average molecular weight is 643 g/mol. The fourth-order valence-corrected chi connectivity index (χ4v) is 4.87. The van der Waals surface area contributed by atoms with Crippen molar-refractivity contribution in [2.45, 2.75) is 96.9 Å². The number of nitrogens with zero attached hydrogens (tertiary/aromatic N) is 8. The number of amides is 2. The molecule has 0 aliphatic carbocycles. The molecule has 4 unspecified atom stereocenters. The van der Waals surface area contributed by atoms with Crippen molar-refractivity contribution in [1.29, 1.82) is 0 Å². The molecule has 2 saturated heterocycles. The molecule has 0 saturated carbocycles. The van der Waals surface area contributed by atoms with E-state index in [-0.39, 0.29) is 24.5 Å². The van der Waals surface area contributed by atoms with E-state index in [2.05, 4.69) is 10.2 Å². The van der Waals surface area contributed by atoms with Gasteiger partial charge in [-0.3, -0.25) is 29.6 Å². The molecule has 2 fully saturated rings. The topological polar surface area (TPSA) is 181 Å². The molecule has 0 radical (unpaired) electrons. The Hall–Kier alpha value is -4.38. The van der Waals surface area contributed by atoms with Crippen LogP contribution in [0.3, 0.4) is 0 Å². The minimum atomic E-state index is -1.37. The highest BCUT2D eigenvalue weighted by Gasteiger charge is 2.37. The van der Waals surface area contributed by atoms with Crippen molar-refractivity contribution < 1.29 is 37.7 Å². The molecule has 4 atom stereocenters. The molecule has 0 bridgehead atoms. The lowest BCUT2D eigenvalue weighted by molar-refractivity contribution is -0.385. The Balaban J connectivity index is 0.000000246. The first-order valence-electron chi connectivity index (χ1n) is 14.4. The summed E-state index contributed by atoms with van der Waals surface area (Å²) in [5, 5.41) is 29.3. The first-order chi connectivity index (χ1) is 20.8. The Morgan fingerprint density at radius 3 is 1.71 bits per heavy atom. The third kappa shape index (κ3) is 9.31. The van der Waals surface area contributed by atoms with E-state index in [1.807, 2.05) is 0 Å². The maximum Gasteiger partial charge on any atom is 0.410 e. The van der Waals surface area contributed by atoms with Gasteiger partial charge in [-0.25, -0.2) is 18.4 Å². The second-order valence-corrected chi connectivity index (χ2v) is 12.8. The zero-order valence-electron chi connectivity index (χ0n) is 26.4. The number of rotatable bonds is 4. The summed E-state index contributed by atoms with van der Waals surface area (Å²) in [7, 11) is 0. The van der Waals surface area contributed by atoms with Gasteiger partial charge < -0.3 is 19.3 Å². The third-order valence-corrected chi connectivity index (χ3v) is 6.99. The standard InChI is InChI=1S/C14H21FN4O4.C13H19FN4O4/c1-9-12(19(21)22)7-16-18(9)11-5-6-17(8-10(11)15)13(20)23-14(2,3)4;1-13(2,3)22-12(19)16-5-4-11(10(14)8-16)17-7-9(6-15-17)18(20)21/h7,10-11H,5-6,8H2,1-4H3;6-7,10-11H,4-5,8H2,1-3H3. The number of carbonyl (C=O) groups excluding carboxylic acids is 2. The summed E-state index contributed by atoms with van der Waals surface area (Å²) in [5.41, 5.74) is -1.27. The molecule has 2 aromatic heterocycles. The number of nitro groups is 2. The molecule has 4 rings (SSSR count). The van der Waals surface area contributed by atoms with Crippen molar-refractivity contribution >= 4 is 23.6 Å². The van der Waals surface area contributed by atoms with Crippen LogP contribution in [0.1, 0.15) is 72.2 Å². The van der Waals surface area contributed by atoms with Gasteiger partial charge in [0.05, 0.1) is 35.0 Å². The van der Waals surface area contributed by atoms with Gasteiger partial charge in [0.15, 0.2) is 0 Å². The summed E-state index contributed by atoms with van der Waals surface area (Å²) in [6.45, 7) is 12.4. The molecule has 2 aromatic rings. The molecule has 2 aliphatic rings. The van der Waals surface area contributed by atoms with E-state index in [0.717, 1.165) is 12.4 Å². The lowest BCUT2D eigenvalue weighted by Crippen LogP contribution is -2.47. The molecule has 2 aliphatic heterocycles. The normalized spacial score (nSPS) is 22.2. The van der Waals surface area contributed by atoms with Crippen LogP contribution in [0.4, 0.5) is 29.7 Å². The molecule has 45 heavy (non-hydrogen) atoms. The van der Waals surface area contributed by atoms with Gasteiger partial charge in [-0.2, -0.15) is 10.2 Å². The Labute approximate surface area is 258 Å². The molecule has 18 heteroatoms. The summed E-state index contributed by atoms with van der Waals surface area (Å²) >= 11 is 0. The van der Waals surface area contributed by atoms with Crippen molar-refractivity contribution in [3.63, 3.8) is 0 Å². The lowest BCUT2D eigenvalue weighted by Gasteiger charge is -2.35. The van der Waals surface area contributed by atoms with Gasteiger partial charge in [-0.15, -0.1) is 0 Å². The number of alkyl halides is 2. The van der Waals surface area contributed by atoms with E-state index in [1.165, 1.54) is 32.3 Å². The van der Waals surface area contributed by atoms with Crippen molar-refractivity contribution in [3.05, 3.63) is 44.5 Å². The molecule has 250 valence electrons. The Morgan fingerprint density at radius 2 is 1.33 bits per heavy atom. The van der Waals surface area contributed by atoms with Crippen LogP contribution in [0.15, 0.2) is 18.6 Å².